The Hall–Kier alpha value is -2.79. The molecule has 132 valence electrons. The highest BCUT2D eigenvalue weighted by Gasteiger charge is 2.10. The molecule has 3 rings (SSSR count). The fourth-order valence-corrected chi connectivity index (χ4v) is 2.89. The molecule has 0 unspecified atom stereocenters. The zero-order valence-corrected chi connectivity index (χ0v) is 15.8. The van der Waals surface area contributed by atoms with Gasteiger partial charge in [0.1, 0.15) is 18.1 Å². The van der Waals surface area contributed by atoms with Gasteiger partial charge >= 0.3 is 0 Å². The van der Waals surface area contributed by atoms with Crippen LogP contribution in [-0.2, 0) is 6.61 Å². The molecule has 3 aromatic carbocycles. The lowest BCUT2D eigenvalue weighted by molar-refractivity contribution is 0.102. The first-order chi connectivity index (χ1) is 12.7. The third-order valence-electron chi connectivity index (χ3n) is 3.76. The quantitative estimate of drug-likeness (QED) is 0.599. The molecule has 0 atom stereocenters. The molecule has 0 saturated heterocycles. The average molecular weight is 412 g/mol. The summed E-state index contributed by atoms with van der Waals surface area (Å²) in [5.41, 5.74) is 2.29. The van der Waals surface area contributed by atoms with Crippen LogP contribution in [0.5, 0.6) is 11.5 Å². The van der Waals surface area contributed by atoms with E-state index in [1.807, 2.05) is 48.5 Å². The standard InChI is InChI=1S/C21H18BrNO3/c1-25-18-9-5-8-17(13-18)23-21(24)16-10-11-20(19(22)12-16)26-14-15-6-3-2-4-7-15/h2-13H,14H2,1H3,(H,23,24). The first-order valence-corrected chi connectivity index (χ1v) is 8.86. The second-order valence-corrected chi connectivity index (χ2v) is 6.46. The number of carbonyl (C=O) groups excluding carboxylic acids is 1. The Morgan fingerprint density at radius 1 is 1.00 bits per heavy atom. The summed E-state index contributed by atoms with van der Waals surface area (Å²) in [5.74, 6) is 1.17. The van der Waals surface area contributed by atoms with Crippen LogP contribution in [0.2, 0.25) is 0 Å². The molecule has 0 radical (unpaired) electrons. The molecule has 4 nitrogen and oxygen atoms in total. The van der Waals surface area contributed by atoms with Crippen molar-refractivity contribution >= 4 is 27.5 Å². The highest BCUT2D eigenvalue weighted by Crippen LogP contribution is 2.27. The van der Waals surface area contributed by atoms with Crippen molar-refractivity contribution in [1.82, 2.24) is 0 Å². The molecule has 0 aliphatic rings. The zero-order valence-electron chi connectivity index (χ0n) is 14.2. The Bertz CT molecular complexity index is 897. The number of halogens is 1. The fraction of sp³-hybridized carbons (Fsp3) is 0.0952. The highest BCUT2D eigenvalue weighted by molar-refractivity contribution is 9.10. The van der Waals surface area contributed by atoms with Gasteiger partial charge in [0.2, 0.25) is 0 Å². The first-order valence-electron chi connectivity index (χ1n) is 8.07. The molecule has 0 aliphatic carbocycles. The maximum absolute atomic E-state index is 12.4. The van der Waals surface area contributed by atoms with Crippen molar-refractivity contribution in [2.45, 2.75) is 6.61 Å². The van der Waals surface area contributed by atoms with Crippen molar-refractivity contribution in [2.75, 3.05) is 12.4 Å². The topological polar surface area (TPSA) is 47.6 Å². The molecular formula is C21H18BrNO3. The van der Waals surface area contributed by atoms with Gasteiger partial charge in [-0.3, -0.25) is 4.79 Å². The molecule has 26 heavy (non-hydrogen) atoms. The SMILES string of the molecule is COc1cccc(NC(=O)c2ccc(OCc3ccccc3)c(Br)c2)c1. The lowest BCUT2D eigenvalue weighted by atomic mass is 10.2. The van der Waals surface area contributed by atoms with E-state index >= 15 is 0 Å². The van der Waals surface area contributed by atoms with Gasteiger partial charge in [-0.15, -0.1) is 0 Å². The fourth-order valence-electron chi connectivity index (χ4n) is 2.40. The number of carbonyl (C=O) groups is 1. The Labute approximate surface area is 160 Å². The van der Waals surface area contributed by atoms with Gasteiger partial charge in [0, 0.05) is 17.3 Å². The average Bonchev–Trinajstić information content (AvgIpc) is 2.68. The van der Waals surface area contributed by atoms with E-state index in [0.717, 1.165) is 10.0 Å². The molecule has 0 spiro atoms. The summed E-state index contributed by atoms with van der Waals surface area (Å²) < 4.78 is 11.7. The second-order valence-electron chi connectivity index (χ2n) is 5.61. The molecule has 0 saturated carbocycles. The summed E-state index contributed by atoms with van der Waals surface area (Å²) in [6.45, 7) is 0.467. The Balaban J connectivity index is 1.67. The predicted molar refractivity (Wildman–Crippen MR) is 106 cm³/mol. The minimum Gasteiger partial charge on any atom is -0.497 e. The number of anilines is 1. The van der Waals surface area contributed by atoms with E-state index in [1.165, 1.54) is 0 Å². The third kappa shape index (κ3) is 4.64. The normalized spacial score (nSPS) is 10.2. The maximum Gasteiger partial charge on any atom is 0.255 e. The summed E-state index contributed by atoms with van der Waals surface area (Å²) in [5, 5.41) is 2.86. The van der Waals surface area contributed by atoms with E-state index < -0.39 is 0 Å². The van der Waals surface area contributed by atoms with Gasteiger partial charge in [-0.05, 0) is 51.8 Å². The van der Waals surface area contributed by atoms with Crippen molar-refractivity contribution in [3.05, 3.63) is 88.4 Å². The van der Waals surface area contributed by atoms with E-state index in [9.17, 15) is 4.79 Å². The van der Waals surface area contributed by atoms with Gasteiger partial charge in [0.25, 0.3) is 5.91 Å². The van der Waals surface area contributed by atoms with Crippen molar-refractivity contribution in [2.24, 2.45) is 0 Å². The zero-order chi connectivity index (χ0) is 18.4. The molecule has 0 heterocycles. The van der Waals surface area contributed by atoms with Crippen LogP contribution in [0.3, 0.4) is 0 Å². The number of ether oxygens (including phenoxy) is 2. The molecule has 1 N–H and O–H groups in total. The predicted octanol–water partition coefficient (Wildman–Crippen LogP) is 5.29. The lowest BCUT2D eigenvalue weighted by Gasteiger charge is -2.11. The van der Waals surface area contributed by atoms with Crippen LogP contribution in [0, 0.1) is 0 Å². The molecule has 1 amide bonds. The van der Waals surface area contributed by atoms with Gasteiger partial charge in [-0.1, -0.05) is 36.4 Å². The maximum atomic E-state index is 12.4. The summed E-state index contributed by atoms with van der Waals surface area (Å²) in [6.07, 6.45) is 0. The van der Waals surface area contributed by atoms with Crippen molar-refractivity contribution in [3.8, 4) is 11.5 Å². The number of hydrogen-bond donors (Lipinski definition) is 1. The van der Waals surface area contributed by atoms with Crippen LogP contribution >= 0.6 is 15.9 Å². The second kappa shape index (κ2) is 8.54. The number of rotatable bonds is 6. The number of hydrogen-bond acceptors (Lipinski definition) is 3. The van der Waals surface area contributed by atoms with E-state index in [-0.39, 0.29) is 5.91 Å². The summed E-state index contributed by atoms with van der Waals surface area (Å²) in [7, 11) is 1.59. The molecule has 3 aromatic rings. The molecule has 5 heteroatoms. The minimum atomic E-state index is -0.200. The summed E-state index contributed by atoms with van der Waals surface area (Å²) in [6, 6.07) is 22.4. The number of benzene rings is 3. The monoisotopic (exact) mass is 411 g/mol. The molecular weight excluding hydrogens is 394 g/mol. The van der Waals surface area contributed by atoms with Crippen LogP contribution in [0.15, 0.2) is 77.3 Å². The number of methoxy groups -OCH3 is 1. The smallest absolute Gasteiger partial charge is 0.255 e. The summed E-state index contributed by atoms with van der Waals surface area (Å²) >= 11 is 3.47. The van der Waals surface area contributed by atoms with Crippen LogP contribution in [0.1, 0.15) is 15.9 Å². The van der Waals surface area contributed by atoms with Gasteiger partial charge in [0.05, 0.1) is 11.6 Å². The Morgan fingerprint density at radius 3 is 2.54 bits per heavy atom. The molecule has 0 bridgehead atoms. The van der Waals surface area contributed by atoms with Crippen molar-refractivity contribution < 1.29 is 14.3 Å². The molecule has 0 aliphatic heterocycles. The van der Waals surface area contributed by atoms with Crippen molar-refractivity contribution in [3.63, 3.8) is 0 Å². The molecule has 0 fully saturated rings. The van der Waals surface area contributed by atoms with E-state index in [1.54, 1.807) is 31.4 Å². The lowest BCUT2D eigenvalue weighted by Crippen LogP contribution is -2.12. The van der Waals surface area contributed by atoms with Gasteiger partial charge < -0.3 is 14.8 Å². The number of amides is 1. The van der Waals surface area contributed by atoms with E-state index in [2.05, 4.69) is 21.2 Å². The van der Waals surface area contributed by atoms with Crippen LogP contribution in [-0.4, -0.2) is 13.0 Å². The van der Waals surface area contributed by atoms with Crippen LogP contribution in [0.4, 0.5) is 5.69 Å². The Kier molecular flexibility index (Phi) is 5.92. The largest absolute Gasteiger partial charge is 0.497 e. The summed E-state index contributed by atoms with van der Waals surface area (Å²) in [4.78, 5) is 12.4. The highest BCUT2D eigenvalue weighted by atomic mass is 79.9. The minimum absolute atomic E-state index is 0.200. The van der Waals surface area contributed by atoms with Gasteiger partial charge in [-0.25, -0.2) is 0 Å². The third-order valence-corrected chi connectivity index (χ3v) is 4.38. The van der Waals surface area contributed by atoms with Crippen LogP contribution in [0.25, 0.3) is 0 Å². The first kappa shape index (κ1) is 18.0. The van der Waals surface area contributed by atoms with Crippen LogP contribution < -0.4 is 14.8 Å². The van der Waals surface area contributed by atoms with Crippen molar-refractivity contribution in [1.29, 1.82) is 0 Å². The molecule has 0 aromatic heterocycles. The van der Waals surface area contributed by atoms with E-state index in [4.69, 9.17) is 9.47 Å². The van der Waals surface area contributed by atoms with Gasteiger partial charge in [0.15, 0.2) is 0 Å². The Morgan fingerprint density at radius 2 is 1.81 bits per heavy atom. The van der Waals surface area contributed by atoms with E-state index in [0.29, 0.717) is 29.4 Å². The van der Waals surface area contributed by atoms with Gasteiger partial charge in [-0.2, -0.15) is 0 Å². The number of nitrogens with one attached hydrogen (secondary N) is 1.